The average Bonchev–Trinajstić information content (AvgIpc) is 2.32. The fourth-order valence-electron chi connectivity index (χ4n) is 1.90. The van der Waals surface area contributed by atoms with Crippen LogP contribution in [0, 0.1) is 0 Å². The zero-order chi connectivity index (χ0) is 14.5. The lowest BCUT2D eigenvalue weighted by Gasteiger charge is -2.29. The van der Waals surface area contributed by atoms with Gasteiger partial charge in [0.25, 0.3) is 0 Å². The number of carbonyl (C=O) groups is 1. The van der Waals surface area contributed by atoms with Crippen LogP contribution in [-0.4, -0.2) is 28.2 Å². The van der Waals surface area contributed by atoms with Gasteiger partial charge in [0.15, 0.2) is 0 Å². The van der Waals surface area contributed by atoms with Crippen molar-refractivity contribution in [3.05, 3.63) is 22.8 Å². The standard InChI is InChI=1S/C13H20BrN3OS/c1-4-17-13(3,12(15)18)7-9(2)19-11-6-5-10(14)8-16-11/h5-6,8-9,17H,4,7H2,1-3H3,(H2,15,18). The Labute approximate surface area is 127 Å². The number of aromatic nitrogens is 1. The minimum absolute atomic E-state index is 0.241. The number of nitrogens with two attached hydrogens (primary N) is 1. The highest BCUT2D eigenvalue weighted by molar-refractivity contribution is 9.10. The van der Waals surface area contributed by atoms with E-state index < -0.39 is 5.54 Å². The fourth-order valence-corrected chi connectivity index (χ4v) is 3.23. The molecule has 1 aromatic heterocycles. The van der Waals surface area contributed by atoms with E-state index in [1.165, 1.54) is 0 Å². The Morgan fingerprint density at radius 3 is 2.79 bits per heavy atom. The van der Waals surface area contributed by atoms with E-state index in [4.69, 9.17) is 5.73 Å². The molecule has 0 fully saturated rings. The second kappa shape index (κ2) is 7.26. The first-order chi connectivity index (χ1) is 8.87. The molecule has 0 aliphatic heterocycles. The molecule has 6 heteroatoms. The van der Waals surface area contributed by atoms with Crippen molar-refractivity contribution in [2.24, 2.45) is 5.73 Å². The summed E-state index contributed by atoms with van der Waals surface area (Å²) in [5.41, 5.74) is 4.82. The van der Waals surface area contributed by atoms with Crippen LogP contribution < -0.4 is 11.1 Å². The number of halogens is 1. The minimum Gasteiger partial charge on any atom is -0.368 e. The van der Waals surface area contributed by atoms with Crippen molar-refractivity contribution in [1.29, 1.82) is 0 Å². The maximum absolute atomic E-state index is 11.6. The first kappa shape index (κ1) is 16.5. The van der Waals surface area contributed by atoms with Gasteiger partial charge < -0.3 is 11.1 Å². The molecule has 0 radical (unpaired) electrons. The molecule has 1 heterocycles. The van der Waals surface area contributed by atoms with Crippen LogP contribution in [0.25, 0.3) is 0 Å². The lowest BCUT2D eigenvalue weighted by atomic mass is 9.95. The quantitative estimate of drug-likeness (QED) is 0.745. The van der Waals surface area contributed by atoms with E-state index >= 15 is 0 Å². The smallest absolute Gasteiger partial charge is 0.237 e. The third kappa shape index (κ3) is 5.12. The van der Waals surface area contributed by atoms with Crippen molar-refractivity contribution >= 4 is 33.6 Å². The van der Waals surface area contributed by atoms with Crippen molar-refractivity contribution in [2.45, 2.75) is 43.0 Å². The summed E-state index contributed by atoms with van der Waals surface area (Å²) in [5.74, 6) is -0.314. The summed E-state index contributed by atoms with van der Waals surface area (Å²) in [5, 5.41) is 4.35. The Balaban J connectivity index is 2.65. The highest BCUT2D eigenvalue weighted by atomic mass is 79.9. The monoisotopic (exact) mass is 345 g/mol. The van der Waals surface area contributed by atoms with Gasteiger partial charge >= 0.3 is 0 Å². The molecule has 0 bridgehead atoms. The van der Waals surface area contributed by atoms with Gasteiger partial charge in [0.05, 0.1) is 10.6 Å². The fraction of sp³-hybridized carbons (Fsp3) is 0.538. The van der Waals surface area contributed by atoms with Gasteiger partial charge in [-0.3, -0.25) is 4.79 Å². The van der Waals surface area contributed by atoms with Crippen LogP contribution in [0.4, 0.5) is 0 Å². The van der Waals surface area contributed by atoms with Crippen LogP contribution in [-0.2, 0) is 4.79 Å². The molecule has 4 nitrogen and oxygen atoms in total. The van der Waals surface area contributed by atoms with E-state index in [1.54, 1.807) is 18.0 Å². The van der Waals surface area contributed by atoms with Gasteiger partial charge in [-0.1, -0.05) is 13.8 Å². The number of hydrogen-bond acceptors (Lipinski definition) is 4. The Bertz CT molecular complexity index is 426. The third-order valence-corrected chi connectivity index (χ3v) is 4.35. The lowest BCUT2D eigenvalue weighted by Crippen LogP contribution is -2.54. The Morgan fingerprint density at radius 2 is 2.32 bits per heavy atom. The van der Waals surface area contributed by atoms with E-state index in [0.717, 1.165) is 9.50 Å². The molecular weight excluding hydrogens is 326 g/mol. The number of rotatable bonds is 7. The van der Waals surface area contributed by atoms with Gasteiger partial charge in [0, 0.05) is 15.9 Å². The molecule has 3 N–H and O–H groups in total. The number of primary amides is 1. The van der Waals surface area contributed by atoms with Gasteiger partial charge in [0.2, 0.25) is 5.91 Å². The van der Waals surface area contributed by atoms with E-state index in [-0.39, 0.29) is 11.2 Å². The molecule has 0 saturated heterocycles. The normalized spacial score (nSPS) is 15.8. The molecule has 2 atom stereocenters. The van der Waals surface area contributed by atoms with Gasteiger partial charge in [0.1, 0.15) is 0 Å². The number of nitrogens with zero attached hydrogens (tertiary/aromatic N) is 1. The van der Waals surface area contributed by atoms with E-state index in [0.29, 0.717) is 13.0 Å². The largest absolute Gasteiger partial charge is 0.368 e. The van der Waals surface area contributed by atoms with Gasteiger partial charge in [-0.05, 0) is 48.0 Å². The molecule has 19 heavy (non-hydrogen) atoms. The predicted octanol–water partition coefficient (Wildman–Crippen LogP) is 2.57. The van der Waals surface area contributed by atoms with Crippen LogP contribution in [0.5, 0.6) is 0 Å². The molecule has 106 valence electrons. The molecule has 0 saturated carbocycles. The zero-order valence-corrected chi connectivity index (χ0v) is 13.8. The summed E-state index contributed by atoms with van der Waals surface area (Å²) >= 11 is 5.00. The number of amides is 1. The van der Waals surface area contributed by atoms with Gasteiger partial charge in [-0.25, -0.2) is 4.98 Å². The first-order valence-electron chi connectivity index (χ1n) is 6.20. The van der Waals surface area contributed by atoms with Crippen molar-refractivity contribution in [3.63, 3.8) is 0 Å². The molecule has 0 spiro atoms. The lowest BCUT2D eigenvalue weighted by molar-refractivity contribution is -0.124. The molecule has 1 amide bonds. The second-order valence-corrected chi connectivity index (χ2v) is 7.05. The summed E-state index contributed by atoms with van der Waals surface area (Å²) in [6.07, 6.45) is 2.44. The Hall–Kier alpha value is -0.590. The van der Waals surface area contributed by atoms with Crippen molar-refractivity contribution in [3.8, 4) is 0 Å². The number of nitrogens with one attached hydrogen (secondary N) is 1. The van der Waals surface area contributed by atoms with Crippen LogP contribution in [0.2, 0.25) is 0 Å². The van der Waals surface area contributed by atoms with Crippen LogP contribution >= 0.6 is 27.7 Å². The number of carbonyl (C=O) groups excluding carboxylic acids is 1. The topological polar surface area (TPSA) is 68.0 Å². The summed E-state index contributed by atoms with van der Waals surface area (Å²) in [6, 6.07) is 3.92. The summed E-state index contributed by atoms with van der Waals surface area (Å²) in [7, 11) is 0. The summed E-state index contributed by atoms with van der Waals surface area (Å²) < 4.78 is 0.958. The van der Waals surface area contributed by atoms with Gasteiger partial charge in [-0.15, -0.1) is 11.8 Å². The van der Waals surface area contributed by atoms with Crippen molar-refractivity contribution in [1.82, 2.24) is 10.3 Å². The molecule has 0 aromatic carbocycles. The molecule has 0 aliphatic rings. The molecule has 2 unspecified atom stereocenters. The van der Waals surface area contributed by atoms with E-state index in [2.05, 4.69) is 33.2 Å². The SMILES string of the molecule is CCNC(C)(CC(C)Sc1ccc(Br)cn1)C(N)=O. The first-order valence-corrected chi connectivity index (χ1v) is 7.88. The average molecular weight is 346 g/mol. The molecule has 1 aromatic rings. The molecule has 1 rings (SSSR count). The van der Waals surface area contributed by atoms with Gasteiger partial charge in [-0.2, -0.15) is 0 Å². The van der Waals surface area contributed by atoms with E-state index in [9.17, 15) is 4.79 Å². The third-order valence-electron chi connectivity index (χ3n) is 2.83. The Morgan fingerprint density at radius 1 is 1.63 bits per heavy atom. The summed E-state index contributed by atoms with van der Waals surface area (Å²) in [4.78, 5) is 15.9. The Kier molecular flexibility index (Phi) is 6.29. The predicted molar refractivity (Wildman–Crippen MR) is 83.1 cm³/mol. The highest BCUT2D eigenvalue weighted by Gasteiger charge is 2.32. The summed E-state index contributed by atoms with van der Waals surface area (Å²) in [6.45, 7) is 6.61. The number of pyridine rings is 1. The molecule has 0 aliphatic carbocycles. The van der Waals surface area contributed by atoms with E-state index in [1.807, 2.05) is 26.0 Å². The van der Waals surface area contributed by atoms with Crippen LogP contribution in [0.15, 0.2) is 27.8 Å². The highest BCUT2D eigenvalue weighted by Crippen LogP contribution is 2.28. The zero-order valence-electron chi connectivity index (χ0n) is 11.4. The van der Waals surface area contributed by atoms with Crippen molar-refractivity contribution < 1.29 is 4.79 Å². The van der Waals surface area contributed by atoms with Crippen molar-refractivity contribution in [2.75, 3.05) is 6.54 Å². The number of likely N-dealkylation sites (N-methyl/N-ethyl adjacent to an activating group) is 1. The second-order valence-electron chi connectivity index (χ2n) is 4.67. The minimum atomic E-state index is -0.670. The molecular formula is C13H20BrN3OS. The number of thioether (sulfide) groups is 1. The maximum Gasteiger partial charge on any atom is 0.237 e. The number of hydrogen-bond donors (Lipinski definition) is 2. The van der Waals surface area contributed by atoms with Crippen LogP contribution in [0.3, 0.4) is 0 Å². The van der Waals surface area contributed by atoms with Crippen LogP contribution in [0.1, 0.15) is 27.2 Å². The maximum atomic E-state index is 11.6.